The van der Waals surface area contributed by atoms with Crippen LogP contribution in [0.4, 0.5) is 26.8 Å². The maximum atomic E-state index is 14.1. The first-order valence-electron chi connectivity index (χ1n) is 31.6. The van der Waals surface area contributed by atoms with Gasteiger partial charge in [0.05, 0.1) is 84.1 Å². The number of benzene rings is 2. The van der Waals surface area contributed by atoms with E-state index in [1.165, 1.54) is 62.1 Å². The van der Waals surface area contributed by atoms with Crippen molar-refractivity contribution in [3.8, 4) is 35.5 Å². The van der Waals surface area contributed by atoms with Gasteiger partial charge in [0.15, 0.2) is 17.9 Å². The molecule has 13 N–H and O–H groups in total. The molecule has 0 aliphatic carbocycles. The van der Waals surface area contributed by atoms with Crippen molar-refractivity contribution in [1.29, 1.82) is 0 Å². The molecule has 17 atom stereocenters. The molecule has 13 rings (SSSR count). The van der Waals surface area contributed by atoms with Crippen molar-refractivity contribution in [2.45, 2.75) is 113 Å². The predicted octanol–water partition coefficient (Wildman–Crippen LogP) is -1.49. The number of anilines is 1. The van der Waals surface area contributed by atoms with Gasteiger partial charge in [0.25, 0.3) is 17.3 Å². The van der Waals surface area contributed by atoms with Gasteiger partial charge in [-0.1, -0.05) is 35.5 Å². The first-order valence-corrected chi connectivity index (χ1v) is 34.6. The third kappa shape index (κ3) is 17.3. The highest BCUT2D eigenvalue weighted by Gasteiger charge is 2.52. The summed E-state index contributed by atoms with van der Waals surface area (Å²) in [6.45, 7) is -1.65. The van der Waals surface area contributed by atoms with Crippen molar-refractivity contribution in [3.05, 3.63) is 97.0 Å². The van der Waals surface area contributed by atoms with Gasteiger partial charge in [0, 0.05) is 74.0 Å². The maximum absolute atomic E-state index is 14.1. The number of nitro benzene ring substituents is 2. The van der Waals surface area contributed by atoms with Gasteiger partial charge < -0.3 is 70.6 Å². The average molecular weight is 1470 g/mol. The van der Waals surface area contributed by atoms with E-state index in [2.05, 4.69) is 77.4 Å². The van der Waals surface area contributed by atoms with Crippen LogP contribution in [-0.2, 0) is 74.9 Å². The summed E-state index contributed by atoms with van der Waals surface area (Å²) < 4.78 is 83.3. The third-order valence-corrected chi connectivity index (χ3v) is 19.2. The number of nitrogen functional groups attached to an aromatic ring is 1. The van der Waals surface area contributed by atoms with Crippen LogP contribution in [0, 0.1) is 67.6 Å². The number of hydrogen-bond donors (Lipinski definition) is 11. The van der Waals surface area contributed by atoms with Crippen molar-refractivity contribution < 1.29 is 118 Å². The Labute approximate surface area is 582 Å². The van der Waals surface area contributed by atoms with Crippen LogP contribution in [0.1, 0.15) is 79.3 Å². The Morgan fingerprint density at radius 1 is 0.738 bits per heavy atom. The number of rotatable bonds is 5. The normalized spacial score (nSPS) is 32.0. The van der Waals surface area contributed by atoms with Crippen LogP contribution >= 0.6 is 15.6 Å². The highest BCUT2D eigenvalue weighted by atomic mass is 31.2. The molecule has 0 spiro atoms. The number of nitrogens with one attached hydrogen (secondary N) is 6. The first kappa shape index (κ1) is 74.5. The number of nitrogens with two attached hydrogens (primary N) is 2. The molecule has 8 unspecified atom stereocenters. The Morgan fingerprint density at radius 3 is 2.03 bits per heavy atom. The van der Waals surface area contributed by atoms with Gasteiger partial charge in [0.2, 0.25) is 24.3 Å². The number of phosphoric ester groups is 2. The van der Waals surface area contributed by atoms with Gasteiger partial charge in [-0.15, -0.1) is 0 Å². The van der Waals surface area contributed by atoms with E-state index in [1.54, 1.807) is 0 Å². The number of fused-ring (bicyclic) bond motifs is 21. The lowest BCUT2D eigenvalue weighted by Crippen LogP contribution is -2.53. The predicted molar refractivity (Wildman–Crippen MR) is 346 cm³/mol. The molecule has 0 radical (unpaired) electrons. The largest absolute Gasteiger partial charge is 0.500 e. The van der Waals surface area contributed by atoms with Crippen LogP contribution in [0.25, 0.3) is 11.0 Å². The number of phosphoric acid groups is 2. The molecule has 42 heteroatoms. The number of aliphatic hydroxyl groups excluding tert-OH is 1. The zero-order valence-electron chi connectivity index (χ0n) is 54.5. The third-order valence-electron chi connectivity index (χ3n) is 17.2. The number of amides is 9. The summed E-state index contributed by atoms with van der Waals surface area (Å²) in [5.74, 6) is 8.69. The number of aliphatic hydroxyl groups is 1. The lowest BCUT2D eigenvalue weighted by molar-refractivity contribution is -0.526. The molecule has 4 aromatic rings. The molecule has 11 heterocycles. The molecule has 9 aliphatic heterocycles. The van der Waals surface area contributed by atoms with Gasteiger partial charge in [-0.2, -0.15) is 29.4 Å². The maximum Gasteiger partial charge on any atom is 0.500 e. The van der Waals surface area contributed by atoms with Crippen LogP contribution in [-0.4, -0.2) is 217 Å². The monoisotopic (exact) mass is 1470 g/mol. The number of carbonyl (C=O) groups is 7. The second-order valence-corrected chi connectivity index (χ2v) is 26.9. The van der Waals surface area contributed by atoms with E-state index in [1.807, 2.05) is 0 Å². The van der Waals surface area contributed by atoms with E-state index < -0.39 is 216 Å². The molecule has 40 nitrogen and oxygen atoms in total. The Kier molecular flexibility index (Phi) is 22.8. The van der Waals surface area contributed by atoms with E-state index in [0.717, 1.165) is 34.0 Å². The Bertz CT molecular complexity index is 4500. The van der Waals surface area contributed by atoms with Crippen molar-refractivity contribution in [3.63, 3.8) is 0 Å². The molecule has 544 valence electrons. The lowest BCUT2D eigenvalue weighted by Gasteiger charge is -2.25. The fourth-order valence-electron chi connectivity index (χ4n) is 12.1. The molecule has 2 aromatic heterocycles. The summed E-state index contributed by atoms with van der Waals surface area (Å²) in [6, 6.07) is 3.14. The van der Waals surface area contributed by atoms with E-state index in [9.17, 15) is 77.8 Å². The average Bonchev–Trinajstić information content (AvgIpc) is 1.82. The molecule has 9 amide bonds. The van der Waals surface area contributed by atoms with Crippen molar-refractivity contribution in [2.75, 3.05) is 58.8 Å². The summed E-state index contributed by atoms with van der Waals surface area (Å²) in [4.78, 5) is 150. The number of imide groups is 2. The number of carbonyl (C=O) groups excluding carboxylic acids is 7. The van der Waals surface area contributed by atoms with Crippen molar-refractivity contribution >= 4 is 97.9 Å². The van der Waals surface area contributed by atoms with Gasteiger partial charge >= 0.3 is 39.5 Å². The smallest absolute Gasteiger partial charge is 0.390 e. The second-order valence-electron chi connectivity index (χ2n) is 24.1. The molecule has 9 aliphatic rings. The molecule has 18 bridgehead atoms. The van der Waals surface area contributed by atoms with E-state index in [0.29, 0.717) is 0 Å². The van der Waals surface area contributed by atoms with Crippen molar-refractivity contribution in [2.24, 2.45) is 17.6 Å². The Balaban J connectivity index is 0.980. The molecular weight excluding hydrogens is 1400 g/mol. The van der Waals surface area contributed by atoms with E-state index >= 15 is 0 Å². The highest BCUT2D eigenvalue weighted by Crippen LogP contribution is 2.51. The fraction of sp³-hybridized carbons (Fsp3) is 0.459. The van der Waals surface area contributed by atoms with Gasteiger partial charge in [-0.25, -0.2) is 28.7 Å². The zero-order chi connectivity index (χ0) is 73.8. The van der Waals surface area contributed by atoms with Gasteiger partial charge in [-0.3, -0.25) is 58.0 Å². The summed E-state index contributed by atoms with van der Waals surface area (Å²) in [5, 5.41) is 51.7. The second kappa shape index (κ2) is 31.5. The number of hydrogen-bond acceptors (Lipinski definition) is 28. The van der Waals surface area contributed by atoms with E-state index in [-0.39, 0.29) is 64.1 Å². The van der Waals surface area contributed by atoms with Crippen LogP contribution < -0.4 is 43.4 Å². The number of methoxy groups -OCH3 is 1. The molecule has 3 saturated heterocycles. The number of urea groups is 2. The molecular formula is C61H67N15O25P2+2. The molecule has 0 saturated carbocycles. The number of nitrogens with zero attached hydrogens (tertiary/aromatic N) is 7. The van der Waals surface area contributed by atoms with Gasteiger partial charge in [0.1, 0.15) is 67.0 Å². The van der Waals surface area contributed by atoms with Crippen LogP contribution in [0.15, 0.2) is 48.9 Å². The SMILES string of the molecule is COC[C@H]1O[C@@H]2C[C@@H]1OP(=O)(O)OC[C@H]1O[C@@H]3C[C@@H]1OP(=O)(O)OC[C@H]1O[C@H](C[C@@H]1O)n1cc(c4c(N)ncnc41)C#Cc1ccc(c([N+](=O)[O-])c1)C(C)NC(CN)C(=O)NCC(OC(C)c1ccc(cc1[N+](=O)[O-])C#CC1C=[N+]3C(=O)NC1=O)C(=O)NCC(=O)NCC#CC1C=[N+]2C(=O)NC1=O. The standard InChI is InChI=1S/C61H65N15O25P2/c1-30-37-12-8-32(15-40(37)75(85)86)6-10-34-23-72(55-53(34)54(63)67-29-68-55)50-17-42(77)46(97-50)27-94-102(89,90)101-44-19-52-74-25-36(57(80)71-61(74)84)11-7-33-9-13-38(41(16-33)76(87)88)31(2)96-45(21-65-58(81)39(20-62)69-30)59(82)66-22-49(78)64-14-4-5-35-24-73(60(83)70-56(35)79)51-18-43(47(98-51)26-93-3)100-103(91,92)95-28-48(44)99-52/h8-9,12-13,15-16,23-25,29-31,35-36,39,42-48,50-52,69,77H,14,17-22,26-28,62H2,1-3H3,(H7-2,63,64,65,66,67,68,70,71,78,79,80,81,82,83,84,89,90,91,92)/p+2/t30?,31?,35?,36?,39?,42-,43-,44-,45?,46+,47+,48+,50+,51+,52+/m0/s1. The summed E-state index contributed by atoms with van der Waals surface area (Å²) in [5.41, 5.74) is 11.7. The molecule has 3 fully saturated rings. The van der Waals surface area contributed by atoms with E-state index in [4.69, 9.17) is 53.2 Å². The minimum absolute atomic E-state index is 0.0470. The molecule has 103 heavy (non-hydrogen) atoms. The van der Waals surface area contributed by atoms with Gasteiger partial charge in [-0.05, 0) is 38.1 Å². The number of nitro groups is 2. The summed E-state index contributed by atoms with van der Waals surface area (Å²) in [6.07, 6.45) is -12.4. The topological polar surface area (TPSA) is 545 Å². The number of aromatic nitrogens is 3. The molecule has 2 aromatic carbocycles. The highest BCUT2D eigenvalue weighted by molar-refractivity contribution is 7.47. The van der Waals surface area contributed by atoms with Crippen LogP contribution in [0.3, 0.4) is 0 Å². The summed E-state index contributed by atoms with van der Waals surface area (Å²) in [7, 11) is -9.49. The first-order chi connectivity index (χ1) is 49.1. The lowest BCUT2D eigenvalue weighted by atomic mass is 10.0. The zero-order valence-corrected chi connectivity index (χ0v) is 56.3. The fourth-order valence-corrected chi connectivity index (χ4v) is 14.0. The number of ether oxygens (including phenoxy) is 5. The minimum atomic E-state index is -5.40. The summed E-state index contributed by atoms with van der Waals surface area (Å²) >= 11 is 0. The quantitative estimate of drug-likeness (QED) is 0.0357. The van der Waals surface area contributed by atoms with Crippen molar-refractivity contribution in [1.82, 2.24) is 46.4 Å². The Morgan fingerprint density at radius 2 is 1.36 bits per heavy atom. The van der Waals surface area contributed by atoms with Crippen LogP contribution in [0.5, 0.6) is 0 Å². The minimum Gasteiger partial charge on any atom is -0.390 e. The van der Waals surface area contributed by atoms with Crippen LogP contribution in [0.2, 0.25) is 0 Å². The Hall–Kier alpha value is -9.73.